The van der Waals surface area contributed by atoms with Crippen molar-refractivity contribution >= 4 is 6.08 Å². The van der Waals surface area contributed by atoms with Crippen molar-refractivity contribution < 1.29 is 9.32 Å². The Morgan fingerprint density at radius 1 is 1.47 bits per heavy atom. The number of aliphatic imine (C=N–C) groups is 1. The molecule has 0 spiro atoms. The lowest BCUT2D eigenvalue weighted by molar-refractivity contribution is 0.228. The fourth-order valence-electron chi connectivity index (χ4n) is 2.35. The summed E-state index contributed by atoms with van der Waals surface area (Å²) in [5.74, 6) is 0.741. The number of carbonyl (C=O) groups excluding carboxylic acids is 1. The third-order valence-electron chi connectivity index (χ3n) is 3.11. The lowest BCUT2D eigenvalue weighted by Crippen LogP contribution is -2.26. The highest BCUT2D eigenvalue weighted by atomic mass is 16.5. The summed E-state index contributed by atoms with van der Waals surface area (Å²) < 4.78 is 5.24. The van der Waals surface area contributed by atoms with Gasteiger partial charge in [0.05, 0.1) is 6.20 Å². The van der Waals surface area contributed by atoms with Crippen molar-refractivity contribution in [2.24, 2.45) is 4.99 Å². The molecule has 0 radical (unpaired) electrons. The molecule has 0 saturated heterocycles. The van der Waals surface area contributed by atoms with Crippen molar-refractivity contribution in [3.63, 3.8) is 0 Å². The second-order valence-electron chi connectivity index (χ2n) is 4.13. The maximum atomic E-state index is 10.5. The zero-order valence-corrected chi connectivity index (χ0v) is 8.82. The van der Waals surface area contributed by atoms with Crippen LogP contribution in [-0.2, 0) is 10.3 Å². The van der Waals surface area contributed by atoms with E-state index in [9.17, 15) is 4.79 Å². The highest BCUT2D eigenvalue weighted by molar-refractivity contribution is 5.37. The van der Waals surface area contributed by atoms with Crippen LogP contribution in [0.1, 0.15) is 43.4 Å². The molecule has 2 rings (SSSR count). The minimum absolute atomic E-state index is 0.486. The van der Waals surface area contributed by atoms with Crippen LogP contribution in [-0.4, -0.2) is 11.2 Å². The summed E-state index contributed by atoms with van der Waals surface area (Å²) in [5, 5.41) is 3.76. The molecule has 1 aliphatic rings. The van der Waals surface area contributed by atoms with Gasteiger partial charge in [0.25, 0.3) is 0 Å². The standard InChI is InChI=1S/C11H14N2O2/c1-9-7-13-15-10(9)11(12-8-14)5-3-2-4-6-11/h7H,2-6H2,1H3. The molecule has 0 amide bonds. The van der Waals surface area contributed by atoms with Crippen molar-refractivity contribution in [3.8, 4) is 0 Å². The second kappa shape index (κ2) is 3.99. The van der Waals surface area contributed by atoms with Crippen molar-refractivity contribution in [1.29, 1.82) is 0 Å². The molecule has 15 heavy (non-hydrogen) atoms. The Kier molecular flexibility index (Phi) is 2.69. The molecule has 0 bridgehead atoms. The maximum Gasteiger partial charge on any atom is 0.235 e. The number of rotatable bonds is 2. The average Bonchev–Trinajstić information content (AvgIpc) is 2.67. The van der Waals surface area contributed by atoms with Crippen molar-refractivity contribution in [3.05, 3.63) is 17.5 Å². The van der Waals surface area contributed by atoms with Crippen LogP contribution < -0.4 is 0 Å². The molecule has 4 heteroatoms. The van der Waals surface area contributed by atoms with Crippen LogP contribution in [0, 0.1) is 6.92 Å². The SMILES string of the molecule is Cc1cnoc1C1(N=C=O)CCCCC1. The zero-order valence-electron chi connectivity index (χ0n) is 8.82. The van der Waals surface area contributed by atoms with E-state index in [2.05, 4.69) is 10.1 Å². The zero-order chi connectivity index (χ0) is 10.7. The normalized spacial score (nSPS) is 19.5. The quantitative estimate of drug-likeness (QED) is 0.551. The molecular formula is C11H14N2O2. The van der Waals surface area contributed by atoms with Gasteiger partial charge in [0.2, 0.25) is 6.08 Å². The van der Waals surface area contributed by atoms with E-state index in [1.54, 1.807) is 12.3 Å². The molecule has 4 nitrogen and oxygen atoms in total. The summed E-state index contributed by atoms with van der Waals surface area (Å²) >= 11 is 0. The first-order valence-corrected chi connectivity index (χ1v) is 5.29. The summed E-state index contributed by atoms with van der Waals surface area (Å²) in [6, 6.07) is 0. The van der Waals surface area contributed by atoms with Gasteiger partial charge >= 0.3 is 0 Å². The van der Waals surface area contributed by atoms with Crippen LogP contribution in [0.4, 0.5) is 0 Å². The first kappa shape index (κ1) is 10.1. The highest BCUT2D eigenvalue weighted by Gasteiger charge is 2.38. The van der Waals surface area contributed by atoms with Crippen LogP contribution in [0.15, 0.2) is 15.7 Å². The van der Waals surface area contributed by atoms with Crippen LogP contribution in [0.25, 0.3) is 0 Å². The molecule has 0 aromatic carbocycles. The molecule has 1 saturated carbocycles. The molecule has 0 unspecified atom stereocenters. The summed E-state index contributed by atoms with van der Waals surface area (Å²) in [6.07, 6.45) is 8.42. The van der Waals surface area contributed by atoms with Gasteiger partial charge in [-0.1, -0.05) is 24.4 Å². The number of aromatic nitrogens is 1. The van der Waals surface area contributed by atoms with Crippen LogP contribution >= 0.6 is 0 Å². The molecule has 0 aliphatic heterocycles. The van der Waals surface area contributed by atoms with Gasteiger partial charge in [-0.15, -0.1) is 0 Å². The lowest BCUT2D eigenvalue weighted by Gasteiger charge is -2.29. The lowest BCUT2D eigenvalue weighted by atomic mass is 9.79. The van der Waals surface area contributed by atoms with E-state index < -0.39 is 5.54 Å². The van der Waals surface area contributed by atoms with Gasteiger partial charge in [0.15, 0.2) is 5.76 Å². The topological polar surface area (TPSA) is 55.5 Å². The monoisotopic (exact) mass is 206 g/mol. The Bertz CT molecular complexity index is 385. The summed E-state index contributed by atoms with van der Waals surface area (Å²) in [4.78, 5) is 14.5. The van der Waals surface area contributed by atoms with Gasteiger partial charge in [0.1, 0.15) is 5.54 Å². The first-order valence-electron chi connectivity index (χ1n) is 5.29. The number of nitrogens with zero attached hydrogens (tertiary/aromatic N) is 2. The molecule has 1 aliphatic carbocycles. The average molecular weight is 206 g/mol. The molecule has 0 atom stereocenters. The van der Waals surface area contributed by atoms with Crippen molar-refractivity contribution in [2.75, 3.05) is 0 Å². The van der Waals surface area contributed by atoms with Crippen molar-refractivity contribution in [2.45, 2.75) is 44.6 Å². The van der Waals surface area contributed by atoms with Crippen LogP contribution in [0.2, 0.25) is 0 Å². The minimum atomic E-state index is -0.486. The molecule has 1 heterocycles. The maximum absolute atomic E-state index is 10.5. The molecule has 0 N–H and O–H groups in total. The van der Waals surface area contributed by atoms with Gasteiger partial charge in [-0.25, -0.2) is 4.79 Å². The van der Waals surface area contributed by atoms with Gasteiger partial charge in [-0.3, -0.25) is 0 Å². The van der Waals surface area contributed by atoms with E-state index in [0.29, 0.717) is 0 Å². The predicted octanol–water partition coefficient (Wildman–Crippen LogP) is 2.48. The first-order chi connectivity index (χ1) is 7.28. The molecule has 1 aromatic heterocycles. The van der Waals surface area contributed by atoms with E-state index in [0.717, 1.165) is 37.0 Å². The highest BCUT2D eigenvalue weighted by Crippen LogP contribution is 2.41. The Hall–Kier alpha value is -1.41. The van der Waals surface area contributed by atoms with Crippen LogP contribution in [0.3, 0.4) is 0 Å². The second-order valence-corrected chi connectivity index (χ2v) is 4.13. The number of hydrogen-bond donors (Lipinski definition) is 0. The largest absolute Gasteiger partial charge is 0.358 e. The fraction of sp³-hybridized carbons (Fsp3) is 0.636. The predicted molar refractivity (Wildman–Crippen MR) is 54.1 cm³/mol. The fourth-order valence-corrected chi connectivity index (χ4v) is 2.35. The number of isocyanates is 1. The minimum Gasteiger partial charge on any atom is -0.358 e. The van der Waals surface area contributed by atoms with E-state index in [-0.39, 0.29) is 0 Å². The van der Waals surface area contributed by atoms with Crippen molar-refractivity contribution in [1.82, 2.24) is 5.16 Å². The smallest absolute Gasteiger partial charge is 0.235 e. The Balaban J connectivity index is 2.42. The van der Waals surface area contributed by atoms with Gasteiger partial charge in [-0.05, 0) is 19.8 Å². The Morgan fingerprint density at radius 3 is 2.73 bits per heavy atom. The van der Waals surface area contributed by atoms with E-state index in [1.807, 2.05) is 6.92 Å². The van der Waals surface area contributed by atoms with E-state index >= 15 is 0 Å². The van der Waals surface area contributed by atoms with E-state index in [4.69, 9.17) is 4.52 Å². The Labute approximate surface area is 88.4 Å². The van der Waals surface area contributed by atoms with Gasteiger partial charge in [-0.2, -0.15) is 4.99 Å². The summed E-state index contributed by atoms with van der Waals surface area (Å²) in [6.45, 7) is 1.93. The van der Waals surface area contributed by atoms with Crippen LogP contribution in [0.5, 0.6) is 0 Å². The molecular weight excluding hydrogens is 192 g/mol. The third kappa shape index (κ3) is 1.73. The molecule has 80 valence electrons. The number of hydrogen-bond acceptors (Lipinski definition) is 4. The number of aryl methyl sites for hydroxylation is 1. The third-order valence-corrected chi connectivity index (χ3v) is 3.11. The summed E-state index contributed by atoms with van der Waals surface area (Å²) in [5.41, 5.74) is 0.483. The Morgan fingerprint density at radius 2 is 2.20 bits per heavy atom. The van der Waals surface area contributed by atoms with E-state index in [1.165, 1.54) is 6.42 Å². The molecule has 1 fully saturated rings. The van der Waals surface area contributed by atoms with Gasteiger partial charge in [0, 0.05) is 5.56 Å². The van der Waals surface area contributed by atoms with Gasteiger partial charge < -0.3 is 4.52 Å². The summed E-state index contributed by atoms with van der Waals surface area (Å²) in [7, 11) is 0. The molecule has 1 aromatic rings.